The maximum atomic E-state index is 11.0. The molecule has 0 radical (unpaired) electrons. The summed E-state index contributed by atoms with van der Waals surface area (Å²) >= 11 is 0. The van der Waals surface area contributed by atoms with Crippen LogP contribution in [0.25, 0.3) is 0 Å². The van der Waals surface area contributed by atoms with Crippen LogP contribution in [-0.2, 0) is 14.3 Å². The molecular formula is C12H12O4. The van der Waals surface area contributed by atoms with Gasteiger partial charge >= 0.3 is 11.9 Å². The third kappa shape index (κ3) is 2.95. The highest BCUT2D eigenvalue weighted by Gasteiger charge is 2.23. The number of hydrogen-bond acceptors (Lipinski definition) is 3. The molecule has 1 N–H and O–H groups in total. The Hall–Kier alpha value is -2.10. The number of hydrogen-bond donors (Lipinski definition) is 1. The summed E-state index contributed by atoms with van der Waals surface area (Å²) in [7, 11) is 0. The van der Waals surface area contributed by atoms with Gasteiger partial charge in [-0.2, -0.15) is 0 Å². The molecule has 4 heteroatoms. The summed E-state index contributed by atoms with van der Waals surface area (Å²) in [5.74, 6) is -1.97. The van der Waals surface area contributed by atoms with Crippen molar-refractivity contribution in [2.24, 2.45) is 0 Å². The van der Waals surface area contributed by atoms with E-state index in [2.05, 4.69) is 6.58 Å². The van der Waals surface area contributed by atoms with Gasteiger partial charge in [0.2, 0.25) is 6.10 Å². The van der Waals surface area contributed by atoms with Crippen LogP contribution in [0.3, 0.4) is 0 Å². The molecule has 0 aliphatic rings. The minimum Gasteiger partial charge on any atom is -0.478 e. The highest BCUT2D eigenvalue weighted by molar-refractivity contribution is 5.85. The summed E-state index contributed by atoms with van der Waals surface area (Å²) in [6.07, 6.45) is -0.351. The molecule has 0 amide bonds. The molecule has 1 aromatic carbocycles. The number of rotatable bonds is 4. The van der Waals surface area contributed by atoms with Gasteiger partial charge in [-0.25, -0.2) is 9.59 Å². The lowest BCUT2D eigenvalue weighted by Crippen LogP contribution is -2.18. The van der Waals surface area contributed by atoms with Gasteiger partial charge in [-0.05, 0) is 6.92 Å². The molecular weight excluding hydrogens is 208 g/mol. The highest BCUT2D eigenvalue weighted by Crippen LogP contribution is 2.18. The van der Waals surface area contributed by atoms with E-state index in [1.165, 1.54) is 0 Å². The lowest BCUT2D eigenvalue weighted by molar-refractivity contribution is -0.161. The van der Waals surface area contributed by atoms with E-state index in [9.17, 15) is 9.59 Å². The van der Waals surface area contributed by atoms with E-state index in [4.69, 9.17) is 9.84 Å². The standard InChI is InChI=1S/C12H12O4/c1-3-10(13)16-11(12(14)15)9-6-4-8(2)5-7-9/h3-7,11H,1H2,2H3,(H,14,15). The zero-order chi connectivity index (χ0) is 12.1. The van der Waals surface area contributed by atoms with Crippen LogP contribution in [0.2, 0.25) is 0 Å². The molecule has 0 saturated heterocycles. The average molecular weight is 220 g/mol. The molecule has 0 saturated carbocycles. The van der Waals surface area contributed by atoms with Crippen LogP contribution in [-0.4, -0.2) is 17.0 Å². The number of carbonyl (C=O) groups excluding carboxylic acids is 1. The SMILES string of the molecule is C=CC(=O)OC(C(=O)O)c1ccc(C)cc1. The summed E-state index contributed by atoms with van der Waals surface area (Å²) in [6.45, 7) is 5.10. The first-order valence-electron chi connectivity index (χ1n) is 4.67. The van der Waals surface area contributed by atoms with Gasteiger partial charge in [-0.15, -0.1) is 0 Å². The fraction of sp³-hybridized carbons (Fsp3) is 0.167. The molecule has 84 valence electrons. The van der Waals surface area contributed by atoms with Gasteiger partial charge in [0.15, 0.2) is 0 Å². The van der Waals surface area contributed by atoms with E-state index in [0.717, 1.165) is 11.6 Å². The molecule has 0 fully saturated rings. The summed E-state index contributed by atoms with van der Waals surface area (Å²) in [6, 6.07) is 6.75. The molecule has 0 spiro atoms. The van der Waals surface area contributed by atoms with Crippen molar-refractivity contribution < 1.29 is 19.4 Å². The minimum atomic E-state index is -1.29. The summed E-state index contributed by atoms with van der Waals surface area (Å²) in [5, 5.41) is 8.93. The molecule has 0 heterocycles. The van der Waals surface area contributed by atoms with E-state index in [1.54, 1.807) is 24.3 Å². The first-order valence-corrected chi connectivity index (χ1v) is 4.67. The van der Waals surface area contributed by atoms with Crippen LogP contribution in [0, 0.1) is 6.92 Å². The zero-order valence-electron chi connectivity index (χ0n) is 8.84. The second-order valence-corrected chi connectivity index (χ2v) is 3.27. The first-order chi connectivity index (χ1) is 7.54. The zero-order valence-corrected chi connectivity index (χ0v) is 8.84. The lowest BCUT2D eigenvalue weighted by atomic mass is 10.1. The lowest BCUT2D eigenvalue weighted by Gasteiger charge is -2.12. The van der Waals surface area contributed by atoms with Crippen molar-refractivity contribution in [2.75, 3.05) is 0 Å². The van der Waals surface area contributed by atoms with Gasteiger partial charge in [-0.1, -0.05) is 36.4 Å². The van der Waals surface area contributed by atoms with E-state index >= 15 is 0 Å². The van der Waals surface area contributed by atoms with E-state index in [0.29, 0.717) is 5.56 Å². The van der Waals surface area contributed by atoms with Crippen molar-refractivity contribution in [3.8, 4) is 0 Å². The number of carboxylic acids is 1. The smallest absolute Gasteiger partial charge is 0.349 e. The van der Waals surface area contributed by atoms with Crippen LogP contribution in [0.1, 0.15) is 17.2 Å². The van der Waals surface area contributed by atoms with Gasteiger partial charge in [0.25, 0.3) is 0 Å². The second-order valence-electron chi connectivity index (χ2n) is 3.27. The first kappa shape index (κ1) is 12.0. The van der Waals surface area contributed by atoms with Gasteiger partial charge in [0.05, 0.1) is 0 Å². The average Bonchev–Trinajstić information content (AvgIpc) is 2.26. The quantitative estimate of drug-likeness (QED) is 0.621. The van der Waals surface area contributed by atoms with Crippen LogP contribution in [0.4, 0.5) is 0 Å². The van der Waals surface area contributed by atoms with Crippen LogP contribution in [0.15, 0.2) is 36.9 Å². The van der Waals surface area contributed by atoms with Gasteiger partial charge in [0.1, 0.15) is 0 Å². The highest BCUT2D eigenvalue weighted by atomic mass is 16.6. The third-order valence-corrected chi connectivity index (χ3v) is 2.01. The third-order valence-electron chi connectivity index (χ3n) is 2.01. The molecule has 1 aromatic rings. The van der Waals surface area contributed by atoms with E-state index < -0.39 is 18.0 Å². The van der Waals surface area contributed by atoms with Crippen LogP contribution < -0.4 is 0 Å². The number of esters is 1. The molecule has 0 aliphatic carbocycles. The molecule has 1 rings (SSSR count). The Morgan fingerprint density at radius 2 is 1.94 bits per heavy atom. The Morgan fingerprint density at radius 3 is 2.38 bits per heavy atom. The minimum absolute atomic E-state index is 0.424. The molecule has 0 bridgehead atoms. The number of carbonyl (C=O) groups is 2. The second kappa shape index (κ2) is 5.11. The molecule has 4 nitrogen and oxygen atoms in total. The molecule has 1 unspecified atom stereocenters. The Morgan fingerprint density at radius 1 is 1.38 bits per heavy atom. The van der Waals surface area contributed by atoms with Gasteiger partial charge < -0.3 is 9.84 Å². The van der Waals surface area contributed by atoms with Gasteiger partial charge in [0, 0.05) is 11.6 Å². The van der Waals surface area contributed by atoms with Crippen molar-refractivity contribution in [3.63, 3.8) is 0 Å². The fourth-order valence-corrected chi connectivity index (χ4v) is 1.17. The summed E-state index contributed by atoms with van der Waals surface area (Å²) < 4.78 is 4.73. The normalized spacial score (nSPS) is 11.6. The fourth-order valence-electron chi connectivity index (χ4n) is 1.17. The molecule has 1 atom stereocenters. The van der Waals surface area contributed by atoms with Crippen molar-refractivity contribution in [2.45, 2.75) is 13.0 Å². The Kier molecular flexibility index (Phi) is 3.83. The Labute approximate surface area is 93.2 Å². The molecule has 0 aliphatic heterocycles. The van der Waals surface area contributed by atoms with Gasteiger partial charge in [-0.3, -0.25) is 0 Å². The number of carboxylic acid groups (broad SMARTS) is 1. The van der Waals surface area contributed by atoms with Crippen molar-refractivity contribution in [1.29, 1.82) is 0 Å². The van der Waals surface area contributed by atoms with Crippen molar-refractivity contribution >= 4 is 11.9 Å². The Balaban J connectivity index is 2.93. The monoisotopic (exact) mass is 220 g/mol. The molecule has 16 heavy (non-hydrogen) atoms. The maximum absolute atomic E-state index is 11.0. The number of ether oxygens (including phenoxy) is 1. The summed E-state index contributed by atoms with van der Waals surface area (Å²) in [5.41, 5.74) is 1.43. The predicted octanol–water partition coefficient (Wildman–Crippen LogP) is 1.85. The van der Waals surface area contributed by atoms with Crippen molar-refractivity contribution in [3.05, 3.63) is 48.0 Å². The van der Waals surface area contributed by atoms with E-state index in [1.807, 2.05) is 6.92 Å². The van der Waals surface area contributed by atoms with Crippen molar-refractivity contribution in [1.82, 2.24) is 0 Å². The number of aryl methyl sites for hydroxylation is 1. The summed E-state index contributed by atoms with van der Waals surface area (Å²) in [4.78, 5) is 21.9. The van der Waals surface area contributed by atoms with Crippen LogP contribution >= 0.6 is 0 Å². The molecule has 0 aromatic heterocycles. The number of aliphatic carboxylic acids is 1. The topological polar surface area (TPSA) is 63.6 Å². The van der Waals surface area contributed by atoms with Crippen LogP contribution in [0.5, 0.6) is 0 Å². The Bertz CT molecular complexity index is 406. The predicted molar refractivity (Wildman–Crippen MR) is 57.8 cm³/mol. The number of benzene rings is 1. The maximum Gasteiger partial charge on any atom is 0.349 e. The largest absolute Gasteiger partial charge is 0.478 e. The van der Waals surface area contributed by atoms with E-state index in [-0.39, 0.29) is 0 Å².